The largest absolute Gasteiger partial charge is 0.466 e. The van der Waals surface area contributed by atoms with Crippen LogP contribution in [0.2, 0.25) is 10.0 Å². The van der Waals surface area contributed by atoms with Gasteiger partial charge in [0.25, 0.3) is 17.2 Å². The van der Waals surface area contributed by atoms with Crippen LogP contribution in [0.25, 0.3) is 17.5 Å². The van der Waals surface area contributed by atoms with Crippen LogP contribution in [0, 0.1) is 10.1 Å². The minimum Gasteiger partial charge on any atom is -0.466 e. The molecule has 1 aromatic heterocycles. The summed E-state index contributed by atoms with van der Waals surface area (Å²) in [7, 11) is 1.16. The van der Waals surface area contributed by atoms with E-state index in [2.05, 4.69) is 5.32 Å². The summed E-state index contributed by atoms with van der Waals surface area (Å²) in [5.74, 6) is -2.90. The molecule has 5 rings (SSSR count). The van der Waals surface area contributed by atoms with E-state index in [1.165, 1.54) is 24.3 Å². The Labute approximate surface area is 251 Å². The Morgan fingerprint density at radius 1 is 1.02 bits per heavy atom. The van der Waals surface area contributed by atoms with Crippen LogP contribution in [0.4, 0.5) is 11.4 Å². The van der Waals surface area contributed by atoms with Gasteiger partial charge in [-0.1, -0.05) is 59.6 Å². The van der Waals surface area contributed by atoms with Crippen LogP contribution in [0.15, 0.2) is 83.2 Å². The molecule has 212 valence electrons. The van der Waals surface area contributed by atoms with Crippen LogP contribution in [0.3, 0.4) is 0 Å². The third-order valence-electron chi connectivity index (χ3n) is 6.54. The van der Waals surface area contributed by atoms with E-state index in [1.54, 1.807) is 54.6 Å². The van der Waals surface area contributed by atoms with Crippen LogP contribution in [0.5, 0.6) is 0 Å². The number of fused-ring (bicyclic) bond motifs is 1. The number of nitro groups is 1. The smallest absolute Gasteiger partial charge is 0.338 e. The zero-order valence-electron chi connectivity index (χ0n) is 21.7. The zero-order chi connectivity index (χ0) is 30.1. The van der Waals surface area contributed by atoms with Crippen molar-refractivity contribution in [3.8, 4) is 0 Å². The highest BCUT2D eigenvalue weighted by Crippen LogP contribution is 2.40. The second-order valence-corrected chi connectivity index (χ2v) is 10.8. The molecule has 42 heavy (non-hydrogen) atoms. The van der Waals surface area contributed by atoms with Crippen molar-refractivity contribution in [1.29, 1.82) is 0 Å². The number of aromatic nitrogens is 1. The number of anilines is 1. The molecule has 0 saturated heterocycles. The second-order valence-electron chi connectivity index (χ2n) is 8.99. The molecule has 10 nitrogen and oxygen atoms in total. The molecular weight excluding hydrogens is 603 g/mol. The minimum atomic E-state index is -1.13. The maximum absolute atomic E-state index is 14.1. The number of amides is 1. The fourth-order valence-electron chi connectivity index (χ4n) is 4.60. The molecule has 0 saturated carbocycles. The van der Waals surface area contributed by atoms with E-state index >= 15 is 0 Å². The van der Waals surface area contributed by atoms with E-state index in [-0.39, 0.29) is 42.6 Å². The summed E-state index contributed by atoms with van der Waals surface area (Å²) in [6.45, 7) is 0. The number of thiazole rings is 1. The molecule has 1 amide bonds. The summed E-state index contributed by atoms with van der Waals surface area (Å²) in [6, 6.07) is 18.7. The van der Waals surface area contributed by atoms with E-state index in [1.807, 2.05) is 0 Å². The lowest BCUT2D eigenvalue weighted by molar-refractivity contribution is -0.384. The summed E-state index contributed by atoms with van der Waals surface area (Å²) >= 11 is 13.9. The maximum Gasteiger partial charge on any atom is 0.338 e. The number of ether oxygens (including phenoxy) is 1. The van der Waals surface area contributed by atoms with Crippen LogP contribution in [-0.2, 0) is 14.3 Å². The molecule has 0 bridgehead atoms. The molecule has 1 unspecified atom stereocenters. The van der Waals surface area contributed by atoms with Gasteiger partial charge >= 0.3 is 5.97 Å². The number of nitrogens with zero attached hydrogens (tertiary/aromatic N) is 2. The van der Waals surface area contributed by atoms with E-state index < -0.39 is 28.3 Å². The number of carbonyl (C=O) groups is 2. The molecule has 2 heterocycles. The Bertz CT molecular complexity index is 1980. The molecule has 0 fully saturated rings. The van der Waals surface area contributed by atoms with E-state index in [9.17, 15) is 24.5 Å². The van der Waals surface area contributed by atoms with Gasteiger partial charge in [-0.3, -0.25) is 24.3 Å². The number of hydrogen-bond donors (Lipinski definition) is 2. The molecule has 13 heteroatoms. The molecule has 3 aromatic carbocycles. The van der Waals surface area contributed by atoms with Crippen molar-refractivity contribution in [2.75, 3.05) is 12.4 Å². The number of nitro benzene ring substituents is 1. The first-order valence-corrected chi connectivity index (χ1v) is 13.8. The Balaban J connectivity index is 1.83. The lowest BCUT2D eigenvalue weighted by atomic mass is 9.82. The van der Waals surface area contributed by atoms with Gasteiger partial charge in [-0.25, -0.2) is 4.79 Å². The lowest BCUT2D eigenvalue weighted by Crippen LogP contribution is -2.42. The van der Waals surface area contributed by atoms with Crippen molar-refractivity contribution in [1.82, 2.24) is 4.57 Å². The molecule has 0 aliphatic carbocycles. The van der Waals surface area contributed by atoms with Crippen molar-refractivity contribution in [3.05, 3.63) is 129 Å². The van der Waals surface area contributed by atoms with Gasteiger partial charge in [0, 0.05) is 27.9 Å². The van der Waals surface area contributed by atoms with E-state index in [4.69, 9.17) is 33.7 Å². The van der Waals surface area contributed by atoms with E-state index in [0.29, 0.717) is 16.1 Å². The standard InChI is InChI=1S/C29H20Cl2N4O6S/c1-41-29(38)23-22(18-7-3-5-9-20(18)31)24(26(36)33-16-10-12-17(13-11-16)35(39)40)28-34(25(23)32)27(37)21(42-28)14-15-6-2-4-8-19(15)30/h2-14,22H,32H2,1H3,(H,33,36)/b21-14+. The van der Waals surface area contributed by atoms with Gasteiger partial charge in [0.2, 0.25) is 0 Å². The van der Waals surface area contributed by atoms with Gasteiger partial charge in [0.05, 0.1) is 33.6 Å². The Morgan fingerprint density at radius 3 is 2.29 bits per heavy atom. The number of hydrogen-bond acceptors (Lipinski definition) is 8. The van der Waals surface area contributed by atoms with Crippen molar-refractivity contribution in [2.24, 2.45) is 5.73 Å². The summed E-state index contributed by atoms with van der Waals surface area (Å²) < 4.78 is 6.50. The van der Waals surface area contributed by atoms with Crippen LogP contribution >= 0.6 is 34.5 Å². The maximum atomic E-state index is 14.1. The minimum absolute atomic E-state index is 0.00281. The monoisotopic (exact) mass is 622 g/mol. The second kappa shape index (κ2) is 11.6. The normalized spacial score (nSPS) is 14.9. The number of benzene rings is 3. The van der Waals surface area contributed by atoms with Crippen molar-refractivity contribution >= 4 is 75.3 Å². The number of nitrogens with two attached hydrogens (primary N) is 1. The Morgan fingerprint density at radius 2 is 1.67 bits per heavy atom. The van der Waals surface area contributed by atoms with Gasteiger partial charge in [0.15, 0.2) is 0 Å². The van der Waals surface area contributed by atoms with Crippen molar-refractivity contribution in [3.63, 3.8) is 0 Å². The topological polar surface area (TPSA) is 147 Å². The molecule has 0 spiro atoms. The Hall–Kier alpha value is -4.71. The van der Waals surface area contributed by atoms with Gasteiger partial charge in [-0.05, 0) is 41.5 Å². The molecule has 1 aliphatic heterocycles. The lowest BCUT2D eigenvalue weighted by Gasteiger charge is -2.27. The number of non-ortho nitro benzene ring substituents is 1. The number of nitrogens with one attached hydrogen (secondary N) is 1. The van der Waals surface area contributed by atoms with E-state index in [0.717, 1.165) is 23.0 Å². The number of methoxy groups -OCH3 is 1. The molecule has 1 aliphatic rings. The number of carbonyl (C=O) groups excluding carboxylic acids is 2. The fourth-order valence-corrected chi connectivity index (χ4v) is 6.20. The highest BCUT2D eigenvalue weighted by molar-refractivity contribution is 7.07. The molecule has 1 atom stereocenters. The van der Waals surface area contributed by atoms with Gasteiger partial charge < -0.3 is 15.8 Å². The Kier molecular flexibility index (Phi) is 7.99. The average Bonchev–Trinajstić information content (AvgIpc) is 3.29. The number of halogens is 2. The fraction of sp³-hybridized carbons (Fsp3) is 0.0690. The predicted octanol–water partition coefficient (Wildman–Crippen LogP) is 3.84. The van der Waals surface area contributed by atoms with Gasteiger partial charge in [-0.15, -0.1) is 11.3 Å². The summed E-state index contributed by atoms with van der Waals surface area (Å²) in [4.78, 5) is 51.5. The summed E-state index contributed by atoms with van der Waals surface area (Å²) in [6.07, 6.45) is 1.57. The highest BCUT2D eigenvalue weighted by atomic mass is 35.5. The van der Waals surface area contributed by atoms with Gasteiger partial charge in [-0.2, -0.15) is 0 Å². The van der Waals surface area contributed by atoms with Crippen LogP contribution in [0.1, 0.15) is 17.0 Å². The molecular formula is C29H20Cl2N4O6S. The van der Waals surface area contributed by atoms with Gasteiger partial charge in [0.1, 0.15) is 10.5 Å². The third-order valence-corrected chi connectivity index (χ3v) is 8.34. The highest BCUT2D eigenvalue weighted by Gasteiger charge is 2.40. The number of esters is 1. The zero-order valence-corrected chi connectivity index (χ0v) is 24.0. The quantitative estimate of drug-likeness (QED) is 0.189. The summed E-state index contributed by atoms with van der Waals surface area (Å²) in [5.41, 5.74) is 6.78. The molecule has 0 radical (unpaired) electrons. The first-order valence-electron chi connectivity index (χ1n) is 12.2. The molecule has 4 aromatic rings. The number of rotatable bonds is 6. The SMILES string of the molecule is COC(=O)C1=C(N)n2c(s/c(=C/c3ccccc3Cl)c2=O)=C(C(=O)Nc2ccc([N+](=O)[O-])cc2)C1c1ccccc1Cl. The van der Waals surface area contributed by atoms with Crippen LogP contribution < -0.4 is 25.8 Å². The van der Waals surface area contributed by atoms with Crippen molar-refractivity contribution in [2.45, 2.75) is 5.92 Å². The first-order chi connectivity index (χ1) is 20.1. The van der Waals surface area contributed by atoms with Crippen molar-refractivity contribution < 1.29 is 19.2 Å². The predicted molar refractivity (Wildman–Crippen MR) is 162 cm³/mol. The summed E-state index contributed by atoms with van der Waals surface area (Å²) in [5, 5.41) is 14.5. The average molecular weight is 623 g/mol. The van der Waals surface area contributed by atoms with Crippen LogP contribution in [-0.4, -0.2) is 28.5 Å². The third kappa shape index (κ3) is 5.20. The molecule has 3 N–H and O–H groups in total. The first kappa shape index (κ1) is 28.8.